The van der Waals surface area contributed by atoms with Crippen LogP contribution in [-0.4, -0.2) is 78.3 Å². The van der Waals surface area contributed by atoms with Gasteiger partial charge in [0.1, 0.15) is 0 Å². The third-order valence-electron chi connectivity index (χ3n) is 4.01. The summed E-state index contributed by atoms with van der Waals surface area (Å²) < 4.78 is 307. The second-order valence-corrected chi connectivity index (χ2v) is 7.71. The topological polar surface area (TPSA) is 83.5 Å². The molecule has 0 saturated heterocycles. The Labute approximate surface area is 234 Å². The van der Waals surface area contributed by atoms with Crippen molar-refractivity contribution in [2.75, 3.05) is 0 Å². The highest BCUT2D eigenvalue weighted by molar-refractivity contribution is 5.85. The van der Waals surface area contributed by atoms with Gasteiger partial charge in [0, 0.05) is 12.0 Å². The first-order valence-electron chi connectivity index (χ1n) is 9.88. The van der Waals surface area contributed by atoms with Crippen molar-refractivity contribution in [1.82, 2.24) is 0 Å². The molecule has 0 aromatic carbocycles. The van der Waals surface area contributed by atoms with Gasteiger partial charge >= 0.3 is 73.2 Å². The Kier molecular flexibility index (Phi) is 11.7. The van der Waals surface area contributed by atoms with Crippen LogP contribution >= 0.6 is 0 Å². The number of ether oxygens (including phenoxy) is 5. The van der Waals surface area contributed by atoms with Crippen molar-refractivity contribution >= 4 is 5.97 Å². The molecule has 0 radical (unpaired) electrons. The fourth-order valence-corrected chi connectivity index (χ4v) is 1.82. The molecule has 0 heterocycles. The van der Waals surface area contributed by atoms with Gasteiger partial charge in [-0.1, -0.05) is 6.58 Å². The van der Waals surface area contributed by atoms with Crippen LogP contribution in [0.3, 0.4) is 0 Å². The molecule has 0 spiro atoms. The molecule has 30 heteroatoms. The molecule has 0 aromatic rings. The van der Waals surface area contributed by atoms with E-state index in [0.717, 1.165) is 0 Å². The van der Waals surface area contributed by atoms with E-state index in [9.17, 15) is 106 Å². The molecule has 0 aliphatic rings. The molecule has 0 fully saturated rings. The SMILES string of the molecule is C=C(CCC(F)(F)OC(F)(F)C(F)(F)OC(F)(F)C(F)(F)OC(F)(F)C(F)(F)OC(F)(F)C(F)(F)OC(F)(F)C(F)(F)F)C(=O)O. The highest BCUT2D eigenvalue weighted by Crippen LogP contribution is 2.53. The highest BCUT2D eigenvalue weighted by Gasteiger charge is 2.79. The molecule has 274 valence electrons. The lowest BCUT2D eigenvalue weighted by Crippen LogP contribution is -2.61. The minimum absolute atomic E-state index is 1.19. The quantitative estimate of drug-likeness (QED) is 0.113. The third kappa shape index (κ3) is 9.95. The second-order valence-electron chi connectivity index (χ2n) is 7.71. The summed E-state index contributed by atoms with van der Waals surface area (Å²) in [6, 6.07) is 0. The molecule has 0 bridgehead atoms. The summed E-state index contributed by atoms with van der Waals surface area (Å²) in [5.74, 6) is -2.10. The molecule has 0 aliphatic carbocycles. The van der Waals surface area contributed by atoms with Crippen molar-refractivity contribution in [1.29, 1.82) is 0 Å². The first kappa shape index (κ1) is 43.4. The fourth-order valence-electron chi connectivity index (χ4n) is 1.82. The molecule has 7 nitrogen and oxygen atoms in total. The molecule has 0 rings (SSSR count). The monoisotopic (exact) mass is 748 g/mol. The number of carbonyl (C=O) groups is 1. The van der Waals surface area contributed by atoms with E-state index in [1.807, 2.05) is 0 Å². The van der Waals surface area contributed by atoms with Crippen LogP contribution in [0.4, 0.5) is 101 Å². The number of aliphatic carboxylic acids is 1. The van der Waals surface area contributed by atoms with E-state index in [1.165, 1.54) is 18.9 Å². The van der Waals surface area contributed by atoms with Crippen LogP contribution in [0, 0.1) is 0 Å². The number of carboxylic acids is 1. The minimum Gasteiger partial charge on any atom is -0.478 e. The second kappa shape index (κ2) is 12.5. The van der Waals surface area contributed by atoms with Crippen molar-refractivity contribution in [2.45, 2.75) is 80.1 Å². The highest BCUT2D eigenvalue weighted by atomic mass is 19.4. The van der Waals surface area contributed by atoms with Gasteiger partial charge < -0.3 is 5.11 Å². The van der Waals surface area contributed by atoms with Gasteiger partial charge in [-0.15, -0.1) is 0 Å². The van der Waals surface area contributed by atoms with Gasteiger partial charge in [-0.25, -0.2) is 28.5 Å². The molecule has 0 atom stereocenters. The van der Waals surface area contributed by atoms with Gasteiger partial charge in [0.15, 0.2) is 0 Å². The first-order valence-corrected chi connectivity index (χ1v) is 9.88. The van der Waals surface area contributed by atoms with Gasteiger partial charge in [-0.05, 0) is 6.42 Å². The van der Waals surface area contributed by atoms with E-state index in [2.05, 4.69) is 11.3 Å². The zero-order valence-corrected chi connectivity index (χ0v) is 20.2. The molecule has 0 aromatic heterocycles. The maximum absolute atomic E-state index is 13.4. The lowest BCUT2D eigenvalue weighted by molar-refractivity contribution is -0.590. The Morgan fingerprint density at radius 3 is 0.870 bits per heavy atom. The average Bonchev–Trinajstić information content (AvgIpc) is 2.72. The van der Waals surface area contributed by atoms with Crippen molar-refractivity contribution in [3.8, 4) is 0 Å². The molecule has 0 aliphatic heterocycles. The van der Waals surface area contributed by atoms with Gasteiger partial charge in [0.25, 0.3) is 0 Å². The van der Waals surface area contributed by atoms with E-state index < -0.39 is 91.6 Å². The van der Waals surface area contributed by atoms with Crippen LogP contribution in [0.1, 0.15) is 12.8 Å². The summed E-state index contributed by atoms with van der Waals surface area (Å²) in [5.41, 5.74) is -1.26. The molecule has 1 N–H and O–H groups in total. The van der Waals surface area contributed by atoms with Crippen molar-refractivity contribution in [3.05, 3.63) is 12.2 Å². The van der Waals surface area contributed by atoms with Gasteiger partial charge in [0.2, 0.25) is 0 Å². The Balaban J connectivity index is 6.10. The molecular formula is C16H7F23O7. The summed E-state index contributed by atoms with van der Waals surface area (Å²) in [4.78, 5) is 10.4. The Hall–Kier alpha value is -2.60. The van der Waals surface area contributed by atoms with E-state index in [0.29, 0.717) is 0 Å². The van der Waals surface area contributed by atoms with Crippen molar-refractivity contribution < 1.29 is 135 Å². The van der Waals surface area contributed by atoms with E-state index in [4.69, 9.17) is 5.11 Å². The summed E-state index contributed by atoms with van der Waals surface area (Å²) in [6.45, 7) is 2.55. The Bertz CT molecular complexity index is 1100. The summed E-state index contributed by atoms with van der Waals surface area (Å²) >= 11 is 0. The number of hydrogen-bond donors (Lipinski definition) is 1. The van der Waals surface area contributed by atoms with Crippen LogP contribution in [0.15, 0.2) is 12.2 Å². The minimum atomic E-state index is -8.08. The standard InChI is InChI=1S/C16H7F23O7/c1-4(5(40)41)2-3-6(17,18)42-9(24,25)10(26,27)44-13(32,33)14(34,35)46-16(38,39)15(36,37)45-12(30,31)11(28,29)43-8(22,23)7(19,20)21/h1-3H2,(H,40,41). The molecule has 46 heavy (non-hydrogen) atoms. The third-order valence-corrected chi connectivity index (χ3v) is 4.01. The van der Waals surface area contributed by atoms with Crippen LogP contribution < -0.4 is 0 Å². The zero-order valence-electron chi connectivity index (χ0n) is 20.2. The lowest BCUT2D eigenvalue weighted by Gasteiger charge is -2.36. The van der Waals surface area contributed by atoms with E-state index >= 15 is 0 Å². The van der Waals surface area contributed by atoms with E-state index in [1.54, 1.807) is 0 Å². The fraction of sp³-hybridized carbons (Fsp3) is 0.812. The predicted molar refractivity (Wildman–Crippen MR) is 87.0 cm³/mol. The Morgan fingerprint density at radius 2 is 0.652 bits per heavy atom. The number of halogens is 23. The van der Waals surface area contributed by atoms with Gasteiger partial charge in [-0.2, -0.15) is 101 Å². The maximum atomic E-state index is 13.4. The Morgan fingerprint density at radius 1 is 0.435 bits per heavy atom. The molecule has 0 amide bonds. The number of rotatable bonds is 18. The lowest BCUT2D eigenvalue weighted by atomic mass is 10.1. The summed E-state index contributed by atoms with van der Waals surface area (Å²) in [5, 5.41) is 8.35. The van der Waals surface area contributed by atoms with E-state index in [-0.39, 0.29) is 0 Å². The number of carboxylic acid groups (broad SMARTS) is 1. The van der Waals surface area contributed by atoms with Gasteiger partial charge in [0.05, 0.1) is 0 Å². The molecule has 0 unspecified atom stereocenters. The summed E-state index contributed by atoms with van der Waals surface area (Å²) in [6.07, 6.45) is -87.3. The molecular weight excluding hydrogens is 741 g/mol. The van der Waals surface area contributed by atoms with Gasteiger partial charge in [-0.3, -0.25) is 0 Å². The average molecular weight is 748 g/mol. The largest absolute Gasteiger partial charge is 0.483 e. The van der Waals surface area contributed by atoms with Crippen molar-refractivity contribution in [2.24, 2.45) is 0 Å². The van der Waals surface area contributed by atoms with Crippen LogP contribution in [0.5, 0.6) is 0 Å². The van der Waals surface area contributed by atoms with Crippen LogP contribution in [0.2, 0.25) is 0 Å². The number of alkyl halides is 23. The predicted octanol–water partition coefficient (Wildman–Crippen LogP) is 7.98. The zero-order chi connectivity index (χ0) is 37.6. The molecule has 0 saturated carbocycles. The van der Waals surface area contributed by atoms with Crippen molar-refractivity contribution in [3.63, 3.8) is 0 Å². The van der Waals surface area contributed by atoms with Crippen LogP contribution in [-0.2, 0) is 28.5 Å². The normalized spacial score (nSPS) is 15.7. The smallest absolute Gasteiger partial charge is 0.478 e. The maximum Gasteiger partial charge on any atom is 0.483 e. The van der Waals surface area contributed by atoms with Crippen LogP contribution in [0.25, 0.3) is 0 Å². The first-order chi connectivity index (χ1) is 19.6. The summed E-state index contributed by atoms with van der Waals surface area (Å²) in [7, 11) is 0. The number of hydrogen-bond acceptors (Lipinski definition) is 6.